The number of hydrogen-bond donors (Lipinski definition) is 1. The zero-order valence-corrected chi connectivity index (χ0v) is 12.3. The number of rotatable bonds is 3. The van der Waals surface area contributed by atoms with Crippen molar-refractivity contribution in [1.82, 2.24) is 4.90 Å². The lowest BCUT2D eigenvalue weighted by Gasteiger charge is -2.20. The van der Waals surface area contributed by atoms with E-state index in [1.807, 2.05) is 0 Å². The van der Waals surface area contributed by atoms with Gasteiger partial charge in [0.25, 0.3) is 5.91 Å². The van der Waals surface area contributed by atoms with Gasteiger partial charge < -0.3 is 10.0 Å². The zero-order valence-electron chi connectivity index (χ0n) is 11.5. The minimum absolute atomic E-state index is 0.177. The lowest BCUT2D eigenvalue weighted by molar-refractivity contribution is -0.147. The first-order chi connectivity index (χ1) is 9.33. The second-order valence-corrected chi connectivity index (χ2v) is 6.70. The molecule has 108 valence electrons. The van der Waals surface area contributed by atoms with Crippen molar-refractivity contribution < 1.29 is 18.9 Å². The molecule has 1 heterocycles. The molecule has 0 aliphatic carbocycles. The number of nitrogens with zero attached hydrogens (tertiary/aromatic N) is 1. The van der Waals surface area contributed by atoms with Crippen molar-refractivity contribution in [3.05, 3.63) is 29.8 Å². The first kappa shape index (κ1) is 14.7. The summed E-state index contributed by atoms with van der Waals surface area (Å²) < 4.78 is 11.3. The molecule has 0 bridgehead atoms. The molecule has 20 heavy (non-hydrogen) atoms. The Balaban J connectivity index is 2.13. The van der Waals surface area contributed by atoms with Crippen LogP contribution < -0.4 is 0 Å². The van der Waals surface area contributed by atoms with Gasteiger partial charge in [-0.25, -0.2) is 0 Å². The number of amides is 1. The SMILES string of the molecule is C[S@](=O)c1ccc(C(=O)N2CC[C@@](C)(C(=O)O)C2)cc1. The number of carbonyl (C=O) groups excluding carboxylic acids is 1. The van der Waals surface area contributed by atoms with Crippen molar-refractivity contribution in [2.45, 2.75) is 18.2 Å². The quantitative estimate of drug-likeness (QED) is 0.913. The van der Waals surface area contributed by atoms with Gasteiger partial charge in [-0.15, -0.1) is 0 Å². The van der Waals surface area contributed by atoms with E-state index in [0.717, 1.165) is 0 Å². The topological polar surface area (TPSA) is 74.7 Å². The van der Waals surface area contributed by atoms with E-state index in [1.165, 1.54) is 0 Å². The van der Waals surface area contributed by atoms with Gasteiger partial charge in [-0.3, -0.25) is 13.8 Å². The second kappa shape index (κ2) is 5.36. The van der Waals surface area contributed by atoms with E-state index >= 15 is 0 Å². The lowest BCUT2D eigenvalue weighted by Crippen LogP contribution is -2.34. The van der Waals surface area contributed by atoms with Crippen molar-refractivity contribution in [1.29, 1.82) is 0 Å². The van der Waals surface area contributed by atoms with Gasteiger partial charge in [0.2, 0.25) is 0 Å². The van der Waals surface area contributed by atoms with Crippen molar-refractivity contribution in [2.75, 3.05) is 19.3 Å². The summed E-state index contributed by atoms with van der Waals surface area (Å²) in [6, 6.07) is 6.59. The van der Waals surface area contributed by atoms with Gasteiger partial charge in [0, 0.05) is 40.6 Å². The summed E-state index contributed by atoms with van der Waals surface area (Å²) in [5.74, 6) is -1.05. The van der Waals surface area contributed by atoms with Gasteiger partial charge in [-0.1, -0.05) is 0 Å². The molecule has 1 aliphatic rings. The normalized spacial score (nSPS) is 23.6. The van der Waals surface area contributed by atoms with E-state index in [2.05, 4.69) is 0 Å². The third kappa shape index (κ3) is 2.75. The minimum atomic E-state index is -1.07. The Labute approximate surface area is 120 Å². The molecule has 2 atom stereocenters. The molecule has 6 heteroatoms. The molecule has 0 aromatic heterocycles. The maximum Gasteiger partial charge on any atom is 0.311 e. The van der Waals surface area contributed by atoms with Crippen LogP contribution in [0.1, 0.15) is 23.7 Å². The van der Waals surface area contributed by atoms with E-state index in [-0.39, 0.29) is 12.5 Å². The maximum absolute atomic E-state index is 12.3. The number of carboxylic acids is 1. The van der Waals surface area contributed by atoms with E-state index in [1.54, 1.807) is 42.3 Å². The van der Waals surface area contributed by atoms with Crippen molar-refractivity contribution >= 4 is 22.7 Å². The predicted molar refractivity (Wildman–Crippen MR) is 75.0 cm³/mol. The number of carbonyl (C=O) groups is 2. The molecule has 1 aliphatic heterocycles. The molecule has 0 saturated carbocycles. The summed E-state index contributed by atoms with van der Waals surface area (Å²) in [5, 5.41) is 9.17. The van der Waals surface area contributed by atoms with Crippen LogP contribution in [0.15, 0.2) is 29.2 Å². The Hall–Kier alpha value is -1.69. The van der Waals surface area contributed by atoms with Crippen LogP contribution >= 0.6 is 0 Å². The molecule has 5 nitrogen and oxygen atoms in total. The lowest BCUT2D eigenvalue weighted by atomic mass is 9.90. The van der Waals surface area contributed by atoms with Gasteiger partial charge in [0.05, 0.1) is 5.41 Å². The van der Waals surface area contributed by atoms with Gasteiger partial charge in [-0.05, 0) is 37.6 Å². The molecule has 1 N–H and O–H groups in total. The molecule has 0 unspecified atom stereocenters. The molecule has 1 amide bonds. The molecule has 0 spiro atoms. The van der Waals surface area contributed by atoms with Gasteiger partial charge in [0.1, 0.15) is 0 Å². The van der Waals surface area contributed by atoms with E-state index in [9.17, 15) is 13.8 Å². The Bertz CT molecular complexity index is 569. The van der Waals surface area contributed by atoms with Crippen molar-refractivity contribution in [3.8, 4) is 0 Å². The van der Waals surface area contributed by atoms with Crippen LogP contribution in [-0.2, 0) is 15.6 Å². The number of likely N-dealkylation sites (tertiary alicyclic amines) is 1. The van der Waals surface area contributed by atoms with E-state index in [4.69, 9.17) is 5.11 Å². The molecule has 1 fully saturated rings. The highest BCUT2D eigenvalue weighted by molar-refractivity contribution is 7.84. The third-order valence-corrected chi connectivity index (χ3v) is 4.65. The number of benzene rings is 1. The fourth-order valence-electron chi connectivity index (χ4n) is 2.28. The van der Waals surface area contributed by atoms with Crippen LogP contribution in [0, 0.1) is 5.41 Å². The largest absolute Gasteiger partial charge is 0.481 e. The standard InChI is InChI=1S/C14H17NO4S/c1-14(13(17)18)7-8-15(9-14)12(16)10-3-5-11(6-4-10)20(2)19/h3-6H,7-9H2,1-2H3,(H,17,18)/t14-,20+/m1/s1. The molecule has 1 aromatic rings. The molecule has 2 rings (SSSR count). The van der Waals surface area contributed by atoms with Gasteiger partial charge >= 0.3 is 5.97 Å². The fourth-order valence-corrected chi connectivity index (χ4v) is 2.80. The van der Waals surface area contributed by atoms with Gasteiger partial charge in [-0.2, -0.15) is 0 Å². The molecule has 1 aromatic carbocycles. The molecular formula is C14H17NO4S. The van der Waals surface area contributed by atoms with Gasteiger partial charge in [0.15, 0.2) is 0 Å². The second-order valence-electron chi connectivity index (χ2n) is 5.32. The number of hydrogen-bond acceptors (Lipinski definition) is 3. The summed E-state index contributed by atoms with van der Waals surface area (Å²) in [6.07, 6.45) is 2.04. The van der Waals surface area contributed by atoms with Crippen LogP contribution in [-0.4, -0.2) is 45.4 Å². The maximum atomic E-state index is 12.3. The monoisotopic (exact) mass is 295 g/mol. The third-order valence-electron chi connectivity index (χ3n) is 3.71. The molecular weight excluding hydrogens is 278 g/mol. The first-order valence-corrected chi connectivity index (χ1v) is 7.85. The summed E-state index contributed by atoms with van der Waals surface area (Å²) in [7, 11) is -1.07. The average Bonchev–Trinajstić information content (AvgIpc) is 2.82. The zero-order chi connectivity index (χ0) is 14.9. The smallest absolute Gasteiger partial charge is 0.311 e. The molecule has 0 radical (unpaired) electrons. The van der Waals surface area contributed by atoms with Crippen LogP contribution in [0.3, 0.4) is 0 Å². The van der Waals surface area contributed by atoms with Crippen LogP contribution in [0.4, 0.5) is 0 Å². The number of carboxylic acid groups (broad SMARTS) is 1. The summed E-state index contributed by atoms with van der Waals surface area (Å²) in [5.41, 5.74) is -0.366. The minimum Gasteiger partial charge on any atom is -0.481 e. The first-order valence-electron chi connectivity index (χ1n) is 6.30. The Morgan fingerprint density at radius 2 is 1.90 bits per heavy atom. The van der Waals surface area contributed by atoms with Crippen LogP contribution in [0.5, 0.6) is 0 Å². The summed E-state index contributed by atoms with van der Waals surface area (Å²) >= 11 is 0. The number of aliphatic carboxylic acids is 1. The summed E-state index contributed by atoms with van der Waals surface area (Å²) in [6.45, 7) is 2.33. The molecule has 1 saturated heterocycles. The highest BCUT2D eigenvalue weighted by Gasteiger charge is 2.42. The predicted octanol–water partition coefficient (Wildman–Crippen LogP) is 1.36. The Morgan fingerprint density at radius 1 is 1.30 bits per heavy atom. The van der Waals surface area contributed by atoms with Crippen molar-refractivity contribution in [2.24, 2.45) is 5.41 Å². The van der Waals surface area contributed by atoms with E-state index < -0.39 is 22.2 Å². The van der Waals surface area contributed by atoms with E-state index in [0.29, 0.717) is 23.4 Å². The van der Waals surface area contributed by atoms with Crippen LogP contribution in [0.25, 0.3) is 0 Å². The fraction of sp³-hybridized carbons (Fsp3) is 0.429. The highest BCUT2D eigenvalue weighted by Crippen LogP contribution is 2.31. The van der Waals surface area contributed by atoms with Crippen molar-refractivity contribution in [3.63, 3.8) is 0 Å². The summed E-state index contributed by atoms with van der Waals surface area (Å²) in [4.78, 5) is 25.7. The average molecular weight is 295 g/mol. The highest BCUT2D eigenvalue weighted by atomic mass is 32.2. The van der Waals surface area contributed by atoms with Crippen LogP contribution in [0.2, 0.25) is 0 Å². The Kier molecular flexibility index (Phi) is 3.94. The Morgan fingerprint density at radius 3 is 2.35 bits per heavy atom.